The molecule has 108 valence electrons. The smallest absolute Gasteiger partial charge is 0.239 e. The number of rotatable bonds is 4. The third-order valence-corrected chi connectivity index (χ3v) is 5.54. The minimum Gasteiger partial charge on any atom is -0.292 e. The predicted octanol–water partition coefficient (Wildman–Crippen LogP) is 4.00. The molecule has 6 heteroatoms. The molecule has 0 radical (unpaired) electrons. The average Bonchev–Trinajstić information content (AvgIpc) is 2.92. The summed E-state index contributed by atoms with van der Waals surface area (Å²) in [5.41, 5.74) is 3.80. The van der Waals surface area contributed by atoms with E-state index in [1.807, 2.05) is 12.1 Å². The topological polar surface area (TPSA) is 63.8 Å². The third-order valence-electron chi connectivity index (χ3n) is 3.19. The summed E-state index contributed by atoms with van der Waals surface area (Å²) in [6.45, 7) is 4.25. The minimum absolute atomic E-state index is 0.461. The van der Waals surface area contributed by atoms with Crippen LogP contribution in [0.15, 0.2) is 40.3 Å². The average molecular weight is 316 g/mol. The lowest BCUT2D eigenvalue weighted by Crippen LogP contribution is -2.10. The first-order chi connectivity index (χ1) is 10.2. The van der Waals surface area contributed by atoms with Crippen molar-refractivity contribution < 1.29 is 0 Å². The van der Waals surface area contributed by atoms with Gasteiger partial charge in [-0.15, -0.1) is 11.3 Å². The number of thiophene rings is 1. The summed E-state index contributed by atoms with van der Waals surface area (Å²) in [7, 11) is 0. The lowest BCUT2D eigenvalue weighted by atomic mass is 10.2. The van der Waals surface area contributed by atoms with Gasteiger partial charge in [-0.1, -0.05) is 36.9 Å². The summed E-state index contributed by atoms with van der Waals surface area (Å²) < 4.78 is 0. The van der Waals surface area contributed by atoms with Crippen LogP contribution in [0.5, 0.6) is 0 Å². The van der Waals surface area contributed by atoms with Gasteiger partial charge in [-0.2, -0.15) is 0 Å². The van der Waals surface area contributed by atoms with Crippen molar-refractivity contribution >= 4 is 39.3 Å². The van der Waals surface area contributed by atoms with Crippen LogP contribution in [0.1, 0.15) is 17.4 Å². The molecule has 1 aromatic carbocycles. The highest BCUT2D eigenvalue weighted by Gasteiger charge is 2.13. The van der Waals surface area contributed by atoms with Crippen LogP contribution in [-0.2, 0) is 6.42 Å². The number of benzene rings is 1. The Bertz CT molecular complexity index is 782. The van der Waals surface area contributed by atoms with Gasteiger partial charge in [-0.3, -0.25) is 5.43 Å². The largest absolute Gasteiger partial charge is 0.292 e. The molecule has 3 N–H and O–H groups in total. The van der Waals surface area contributed by atoms with Crippen molar-refractivity contribution in [2.45, 2.75) is 30.2 Å². The van der Waals surface area contributed by atoms with Crippen molar-refractivity contribution in [1.29, 1.82) is 0 Å². The SMILES string of the molecule is CCc1cc2c(Sc3ccccc3C)nc(NN)nc2s1. The molecule has 3 rings (SSSR count). The molecule has 0 aliphatic heterocycles. The van der Waals surface area contributed by atoms with E-state index >= 15 is 0 Å². The number of aromatic nitrogens is 2. The Morgan fingerprint density at radius 1 is 1.29 bits per heavy atom. The van der Waals surface area contributed by atoms with Crippen LogP contribution in [-0.4, -0.2) is 9.97 Å². The molecule has 0 amide bonds. The van der Waals surface area contributed by atoms with Gasteiger partial charge < -0.3 is 0 Å². The molecule has 0 aliphatic carbocycles. The number of hydrazine groups is 1. The zero-order valence-corrected chi connectivity index (χ0v) is 13.5. The van der Waals surface area contributed by atoms with Gasteiger partial charge >= 0.3 is 0 Å². The molecule has 0 fully saturated rings. The van der Waals surface area contributed by atoms with Crippen LogP contribution in [0.4, 0.5) is 5.95 Å². The Kier molecular flexibility index (Phi) is 4.10. The van der Waals surface area contributed by atoms with Gasteiger partial charge in [0, 0.05) is 15.2 Å². The van der Waals surface area contributed by atoms with Crippen molar-refractivity contribution in [2.24, 2.45) is 5.84 Å². The van der Waals surface area contributed by atoms with Crippen molar-refractivity contribution in [3.05, 3.63) is 40.8 Å². The molecule has 4 nitrogen and oxygen atoms in total. The Labute approximate surface area is 131 Å². The summed E-state index contributed by atoms with van der Waals surface area (Å²) in [5, 5.41) is 2.04. The monoisotopic (exact) mass is 316 g/mol. The summed E-state index contributed by atoms with van der Waals surface area (Å²) in [5.74, 6) is 5.95. The number of nitrogens with zero attached hydrogens (tertiary/aromatic N) is 2. The molecule has 0 saturated heterocycles. The number of hydrogen-bond acceptors (Lipinski definition) is 6. The Morgan fingerprint density at radius 3 is 2.81 bits per heavy atom. The maximum absolute atomic E-state index is 5.49. The highest BCUT2D eigenvalue weighted by molar-refractivity contribution is 7.99. The van der Waals surface area contributed by atoms with Gasteiger partial charge in [0.05, 0.1) is 0 Å². The molecule has 0 bridgehead atoms. The molecule has 21 heavy (non-hydrogen) atoms. The van der Waals surface area contributed by atoms with Crippen molar-refractivity contribution in [1.82, 2.24) is 9.97 Å². The quantitative estimate of drug-likeness (QED) is 0.433. The van der Waals surface area contributed by atoms with Gasteiger partial charge in [0.2, 0.25) is 5.95 Å². The van der Waals surface area contributed by atoms with E-state index in [0.717, 1.165) is 21.7 Å². The van der Waals surface area contributed by atoms with Gasteiger partial charge in [0.25, 0.3) is 0 Å². The van der Waals surface area contributed by atoms with Crippen molar-refractivity contribution in [3.8, 4) is 0 Å². The fourth-order valence-corrected chi connectivity index (χ4v) is 4.05. The Balaban J connectivity index is 2.11. The second kappa shape index (κ2) is 6.01. The lowest BCUT2D eigenvalue weighted by molar-refractivity contribution is 1.07. The van der Waals surface area contributed by atoms with Crippen molar-refractivity contribution in [2.75, 3.05) is 5.43 Å². The first-order valence-electron chi connectivity index (χ1n) is 6.71. The third kappa shape index (κ3) is 2.88. The van der Waals surface area contributed by atoms with E-state index < -0.39 is 0 Å². The minimum atomic E-state index is 0.461. The van der Waals surface area contributed by atoms with E-state index in [9.17, 15) is 0 Å². The molecule has 3 aromatic rings. The second-order valence-electron chi connectivity index (χ2n) is 4.65. The van der Waals surface area contributed by atoms with Crippen LogP contribution in [0.25, 0.3) is 10.2 Å². The number of anilines is 1. The molecular weight excluding hydrogens is 300 g/mol. The Hall–Kier alpha value is -1.63. The van der Waals surface area contributed by atoms with Crippen molar-refractivity contribution in [3.63, 3.8) is 0 Å². The number of aryl methyl sites for hydroxylation is 2. The van der Waals surface area contributed by atoms with Gasteiger partial charge in [0.15, 0.2) is 0 Å². The number of fused-ring (bicyclic) bond motifs is 1. The van der Waals surface area contributed by atoms with Crippen LogP contribution in [0.2, 0.25) is 0 Å². The molecule has 0 saturated carbocycles. The maximum atomic E-state index is 5.49. The van der Waals surface area contributed by atoms with E-state index in [4.69, 9.17) is 5.84 Å². The van der Waals surface area contributed by atoms with E-state index in [-0.39, 0.29) is 0 Å². The van der Waals surface area contributed by atoms with E-state index in [0.29, 0.717) is 5.95 Å². The van der Waals surface area contributed by atoms with Gasteiger partial charge in [-0.25, -0.2) is 15.8 Å². The van der Waals surface area contributed by atoms with E-state index in [1.54, 1.807) is 23.1 Å². The summed E-state index contributed by atoms with van der Waals surface area (Å²) >= 11 is 3.35. The van der Waals surface area contributed by atoms with Crippen LogP contribution < -0.4 is 11.3 Å². The standard InChI is InChI=1S/C15H16N4S2/c1-3-10-8-11-13(20-10)17-15(19-16)18-14(11)21-12-7-5-4-6-9(12)2/h4-8H,3,16H2,1-2H3,(H,17,18,19). The molecule has 0 aliphatic rings. The highest BCUT2D eigenvalue weighted by Crippen LogP contribution is 2.37. The molecule has 0 spiro atoms. The Morgan fingerprint density at radius 2 is 2.10 bits per heavy atom. The molecule has 2 heterocycles. The first kappa shape index (κ1) is 14.3. The predicted molar refractivity (Wildman–Crippen MR) is 89.9 cm³/mol. The summed E-state index contributed by atoms with van der Waals surface area (Å²) in [6, 6.07) is 10.5. The number of nitrogen functional groups attached to an aromatic ring is 1. The summed E-state index contributed by atoms with van der Waals surface area (Å²) in [4.78, 5) is 12.5. The van der Waals surface area contributed by atoms with Crippen LogP contribution >= 0.6 is 23.1 Å². The van der Waals surface area contributed by atoms with E-state index in [2.05, 4.69) is 47.4 Å². The first-order valence-corrected chi connectivity index (χ1v) is 8.35. The number of nitrogens with one attached hydrogen (secondary N) is 1. The molecular formula is C15H16N4S2. The highest BCUT2D eigenvalue weighted by atomic mass is 32.2. The van der Waals surface area contributed by atoms with Gasteiger partial charge in [-0.05, 0) is 31.0 Å². The van der Waals surface area contributed by atoms with Crippen LogP contribution in [0.3, 0.4) is 0 Å². The molecule has 0 atom stereocenters. The maximum Gasteiger partial charge on any atom is 0.239 e. The fraction of sp³-hybridized carbons (Fsp3) is 0.200. The lowest BCUT2D eigenvalue weighted by Gasteiger charge is -2.07. The molecule has 0 unspecified atom stereocenters. The normalized spacial score (nSPS) is 11.0. The van der Waals surface area contributed by atoms with Gasteiger partial charge in [0.1, 0.15) is 9.86 Å². The fourth-order valence-electron chi connectivity index (χ4n) is 2.04. The molecule has 2 aromatic heterocycles. The summed E-state index contributed by atoms with van der Waals surface area (Å²) in [6.07, 6.45) is 1.00. The zero-order chi connectivity index (χ0) is 14.8. The number of nitrogens with two attached hydrogens (primary N) is 1. The second-order valence-corrected chi connectivity index (χ2v) is 6.80. The number of hydrogen-bond donors (Lipinski definition) is 2. The zero-order valence-electron chi connectivity index (χ0n) is 11.9. The van der Waals surface area contributed by atoms with Crippen LogP contribution in [0, 0.1) is 6.92 Å². The van der Waals surface area contributed by atoms with E-state index in [1.165, 1.54) is 15.3 Å².